The normalized spacial score (nSPS) is 20.0. The van der Waals surface area contributed by atoms with E-state index in [1.165, 1.54) is 27.2 Å². The monoisotopic (exact) mass is 600 g/mol. The summed E-state index contributed by atoms with van der Waals surface area (Å²) in [6.07, 6.45) is 3.51. The Morgan fingerprint density at radius 1 is 1.02 bits per heavy atom. The maximum atomic E-state index is 13.2. The number of rotatable bonds is 8. The molecule has 3 aromatic rings. The Labute approximate surface area is 241 Å². The first-order valence-electron chi connectivity index (χ1n) is 13.0. The Kier molecular flexibility index (Phi) is 8.55. The van der Waals surface area contributed by atoms with Crippen LogP contribution in [0.2, 0.25) is 4.34 Å². The van der Waals surface area contributed by atoms with Gasteiger partial charge in [0.1, 0.15) is 12.1 Å². The number of halogens is 1. The van der Waals surface area contributed by atoms with Crippen LogP contribution < -0.4 is 10.0 Å². The number of hydrogen-bond acceptors (Lipinski definition) is 6. The number of piperidine rings is 1. The van der Waals surface area contributed by atoms with Crippen LogP contribution in [0.15, 0.2) is 60.0 Å². The van der Waals surface area contributed by atoms with Crippen molar-refractivity contribution in [2.45, 2.75) is 37.8 Å². The zero-order valence-corrected chi connectivity index (χ0v) is 24.0. The lowest BCUT2D eigenvalue weighted by molar-refractivity contribution is -0.144. The first-order valence-corrected chi connectivity index (χ1v) is 15.8. The van der Waals surface area contributed by atoms with E-state index in [9.17, 15) is 22.8 Å². The number of likely N-dealkylation sites (tertiary alicyclic amines) is 2. The van der Waals surface area contributed by atoms with Crippen LogP contribution in [0.1, 0.15) is 30.6 Å². The number of thiophene rings is 1. The highest BCUT2D eigenvalue weighted by Gasteiger charge is 2.37. The van der Waals surface area contributed by atoms with Crippen LogP contribution in [-0.2, 0) is 24.4 Å². The molecule has 5 rings (SSSR count). The molecule has 0 aliphatic carbocycles. The molecule has 210 valence electrons. The van der Waals surface area contributed by atoms with Crippen LogP contribution >= 0.6 is 22.9 Å². The van der Waals surface area contributed by atoms with Gasteiger partial charge in [-0.1, -0.05) is 41.9 Å². The predicted octanol–water partition coefficient (Wildman–Crippen LogP) is 4.07. The first-order chi connectivity index (χ1) is 19.2. The Hall–Kier alpha value is -3.25. The maximum absolute atomic E-state index is 13.2. The van der Waals surface area contributed by atoms with Crippen molar-refractivity contribution in [3.8, 4) is 0 Å². The smallest absolute Gasteiger partial charge is 0.247 e. The largest absolute Gasteiger partial charge is 0.332 e. The van der Waals surface area contributed by atoms with E-state index in [2.05, 4.69) is 10.0 Å². The average Bonchev–Trinajstić information content (AvgIpc) is 3.59. The van der Waals surface area contributed by atoms with Crippen LogP contribution in [0.25, 0.3) is 16.8 Å². The van der Waals surface area contributed by atoms with Crippen LogP contribution in [0.3, 0.4) is 0 Å². The summed E-state index contributed by atoms with van der Waals surface area (Å²) in [6.45, 7) is 0.554. The van der Waals surface area contributed by atoms with Gasteiger partial charge < -0.3 is 15.1 Å². The summed E-state index contributed by atoms with van der Waals surface area (Å²) >= 11 is 7.13. The molecule has 2 N–H and O–H groups in total. The third kappa shape index (κ3) is 6.72. The number of hydrogen-bond donors (Lipinski definition) is 2. The summed E-state index contributed by atoms with van der Waals surface area (Å²) in [5, 5.41) is 6.00. The highest BCUT2D eigenvalue weighted by Crippen LogP contribution is 2.24. The van der Waals surface area contributed by atoms with Gasteiger partial charge in [0.25, 0.3) is 0 Å². The fraction of sp³-hybridized carbons (Fsp3) is 0.321. The average molecular weight is 601 g/mol. The van der Waals surface area contributed by atoms with Crippen LogP contribution in [0.5, 0.6) is 0 Å². The Balaban J connectivity index is 1.19. The molecule has 2 aliphatic heterocycles. The van der Waals surface area contributed by atoms with E-state index in [0.29, 0.717) is 53.7 Å². The van der Waals surface area contributed by atoms with E-state index in [-0.39, 0.29) is 18.4 Å². The summed E-state index contributed by atoms with van der Waals surface area (Å²) in [7, 11) is -3.90. The summed E-state index contributed by atoms with van der Waals surface area (Å²) in [5.41, 5.74) is 0.653. The Morgan fingerprint density at radius 3 is 2.58 bits per heavy atom. The fourth-order valence-corrected chi connectivity index (χ4v) is 7.17. The number of nitrogens with one attached hydrogen (secondary N) is 2. The number of carbonyl (C=O) groups is 3. The first kappa shape index (κ1) is 28.3. The molecule has 12 heteroatoms. The van der Waals surface area contributed by atoms with Gasteiger partial charge in [0, 0.05) is 29.1 Å². The van der Waals surface area contributed by atoms with E-state index in [0.717, 1.165) is 16.2 Å². The fourth-order valence-electron chi connectivity index (χ4n) is 5.10. The number of benzene rings is 2. The predicted molar refractivity (Wildman–Crippen MR) is 157 cm³/mol. The zero-order valence-electron chi connectivity index (χ0n) is 21.6. The highest BCUT2D eigenvalue weighted by molar-refractivity contribution is 7.92. The molecule has 0 unspecified atom stereocenters. The Morgan fingerprint density at radius 2 is 1.80 bits per heavy atom. The standard InChI is InChI=1S/C28H29ClN4O5S2/c29-25-12-11-22(39-25)13-16-40(37,38)31-23-7-3-14-32(28(23)36)18-26(34)33-15-4-8-24(33)27(35)30-21-10-9-19-5-1-2-6-20(19)17-21/h1-2,5-6,9-13,16-17,23-24,31H,3-4,7-8,14-15,18H2,(H,30,35)/b16-13+/t23-,24-/m0/s1. The number of amides is 3. The molecule has 2 aliphatic rings. The molecule has 3 amide bonds. The van der Waals surface area contributed by atoms with Gasteiger partial charge in [-0.15, -0.1) is 11.3 Å². The number of nitrogens with zero attached hydrogens (tertiary/aromatic N) is 2. The molecule has 0 spiro atoms. The molecule has 0 saturated carbocycles. The van der Waals surface area contributed by atoms with Crippen molar-refractivity contribution >= 4 is 73.2 Å². The van der Waals surface area contributed by atoms with Crippen molar-refractivity contribution in [2.24, 2.45) is 0 Å². The highest BCUT2D eigenvalue weighted by atomic mass is 35.5. The third-order valence-electron chi connectivity index (χ3n) is 7.06. The van der Waals surface area contributed by atoms with Gasteiger partial charge in [0.15, 0.2) is 0 Å². The van der Waals surface area contributed by atoms with Crippen molar-refractivity contribution in [1.29, 1.82) is 0 Å². The molecule has 40 heavy (non-hydrogen) atoms. The van der Waals surface area contributed by atoms with Crippen molar-refractivity contribution in [3.63, 3.8) is 0 Å². The van der Waals surface area contributed by atoms with Crippen LogP contribution in [0, 0.1) is 0 Å². The van der Waals surface area contributed by atoms with Gasteiger partial charge in [-0.05, 0) is 66.8 Å². The molecule has 0 bridgehead atoms. The second kappa shape index (κ2) is 12.1. The summed E-state index contributed by atoms with van der Waals surface area (Å²) < 4.78 is 28.2. The molecule has 0 radical (unpaired) electrons. The third-order valence-corrected chi connectivity index (χ3v) is 9.37. The minimum absolute atomic E-state index is 0.208. The molecule has 3 heterocycles. The Bertz CT molecular complexity index is 1570. The van der Waals surface area contributed by atoms with E-state index in [4.69, 9.17) is 11.6 Å². The van der Waals surface area contributed by atoms with Gasteiger partial charge in [-0.25, -0.2) is 8.42 Å². The number of carbonyl (C=O) groups excluding carboxylic acids is 3. The lowest BCUT2D eigenvalue weighted by atomic mass is 10.1. The quantitative estimate of drug-likeness (QED) is 0.404. The molecular formula is C28H29ClN4O5S2. The molecule has 2 atom stereocenters. The molecule has 2 fully saturated rings. The molecule has 9 nitrogen and oxygen atoms in total. The summed E-state index contributed by atoms with van der Waals surface area (Å²) in [6, 6.07) is 15.3. The van der Waals surface area contributed by atoms with E-state index >= 15 is 0 Å². The lowest BCUT2D eigenvalue weighted by Gasteiger charge is -2.33. The van der Waals surface area contributed by atoms with Gasteiger partial charge in [-0.3, -0.25) is 14.4 Å². The molecule has 2 saturated heterocycles. The second-order valence-electron chi connectivity index (χ2n) is 9.86. The van der Waals surface area contributed by atoms with E-state index in [1.54, 1.807) is 12.1 Å². The van der Waals surface area contributed by atoms with Gasteiger partial charge in [-0.2, -0.15) is 4.72 Å². The van der Waals surface area contributed by atoms with Crippen molar-refractivity contribution in [3.05, 3.63) is 69.2 Å². The number of anilines is 1. The van der Waals surface area contributed by atoms with Gasteiger partial charge >= 0.3 is 0 Å². The SMILES string of the molecule is O=C(Nc1ccc2ccccc2c1)[C@@H]1CCCN1C(=O)CN1CCC[C@H](NS(=O)(=O)/C=C/c2ccc(Cl)s2)C1=O. The minimum atomic E-state index is -3.90. The van der Waals surface area contributed by atoms with Gasteiger partial charge in [0.2, 0.25) is 27.7 Å². The molecular weight excluding hydrogens is 572 g/mol. The van der Waals surface area contributed by atoms with Crippen molar-refractivity contribution in [1.82, 2.24) is 14.5 Å². The molecule has 2 aromatic carbocycles. The number of fused-ring (bicyclic) bond motifs is 1. The maximum Gasteiger partial charge on any atom is 0.247 e. The zero-order chi connectivity index (χ0) is 28.3. The van der Waals surface area contributed by atoms with Crippen molar-refractivity contribution in [2.75, 3.05) is 25.0 Å². The van der Waals surface area contributed by atoms with Crippen molar-refractivity contribution < 1.29 is 22.8 Å². The topological polar surface area (TPSA) is 116 Å². The summed E-state index contributed by atoms with van der Waals surface area (Å²) in [5.74, 6) is -1.05. The summed E-state index contributed by atoms with van der Waals surface area (Å²) in [4.78, 5) is 43.0. The van der Waals surface area contributed by atoms with Crippen LogP contribution in [-0.4, -0.2) is 67.7 Å². The minimum Gasteiger partial charge on any atom is -0.332 e. The molecule has 1 aromatic heterocycles. The van der Waals surface area contributed by atoms with Crippen LogP contribution in [0.4, 0.5) is 5.69 Å². The second-order valence-corrected chi connectivity index (χ2v) is 13.2. The van der Waals surface area contributed by atoms with E-state index < -0.39 is 28.0 Å². The van der Waals surface area contributed by atoms with Gasteiger partial charge in [0.05, 0.1) is 10.9 Å². The van der Waals surface area contributed by atoms with E-state index in [1.807, 2.05) is 42.5 Å². The lowest BCUT2D eigenvalue weighted by Crippen LogP contribution is -2.55. The number of sulfonamides is 1.